The molecule has 0 aromatic heterocycles. The summed E-state index contributed by atoms with van der Waals surface area (Å²) in [5, 5.41) is 6.58. The van der Waals surface area contributed by atoms with Crippen LogP contribution in [0, 0.1) is 5.41 Å². The number of nitrogens with zero attached hydrogens (tertiary/aromatic N) is 1. The molecule has 0 bridgehead atoms. The summed E-state index contributed by atoms with van der Waals surface area (Å²) in [6, 6.07) is 0. The lowest BCUT2D eigenvalue weighted by Gasteiger charge is -2.35. The van der Waals surface area contributed by atoms with E-state index >= 15 is 0 Å². The first-order chi connectivity index (χ1) is 9.77. The van der Waals surface area contributed by atoms with Crippen LogP contribution in [0.5, 0.6) is 0 Å². The molecule has 4 nitrogen and oxygen atoms in total. The number of amides is 1. The van der Waals surface area contributed by atoms with E-state index in [1.807, 2.05) is 0 Å². The van der Waals surface area contributed by atoms with Gasteiger partial charge in [-0.1, -0.05) is 19.8 Å². The van der Waals surface area contributed by atoms with Crippen LogP contribution in [-0.2, 0) is 4.79 Å². The van der Waals surface area contributed by atoms with Crippen LogP contribution in [0.1, 0.15) is 51.9 Å². The highest BCUT2D eigenvalue weighted by atomic mass is 16.2. The van der Waals surface area contributed by atoms with Crippen LogP contribution >= 0.6 is 0 Å². The molecule has 2 rings (SSSR count). The van der Waals surface area contributed by atoms with Crippen molar-refractivity contribution >= 4 is 5.91 Å². The van der Waals surface area contributed by atoms with E-state index in [0.29, 0.717) is 0 Å². The Morgan fingerprint density at radius 3 is 2.55 bits per heavy atom. The van der Waals surface area contributed by atoms with Crippen LogP contribution in [-0.4, -0.2) is 50.1 Å². The van der Waals surface area contributed by atoms with E-state index in [4.69, 9.17) is 0 Å². The number of rotatable bonds is 5. The maximum Gasteiger partial charge on any atom is 0.227 e. The van der Waals surface area contributed by atoms with Crippen LogP contribution in [0.4, 0.5) is 0 Å². The van der Waals surface area contributed by atoms with Crippen LogP contribution in [0.2, 0.25) is 0 Å². The maximum absolute atomic E-state index is 12.5. The van der Waals surface area contributed by atoms with Gasteiger partial charge in [-0.15, -0.1) is 0 Å². The third-order valence-corrected chi connectivity index (χ3v) is 5.04. The highest BCUT2D eigenvalue weighted by Crippen LogP contribution is 2.30. The van der Waals surface area contributed by atoms with E-state index in [1.165, 1.54) is 38.8 Å². The number of likely N-dealkylation sites (tertiary alicyclic amines) is 1. The summed E-state index contributed by atoms with van der Waals surface area (Å²) >= 11 is 0. The lowest BCUT2D eigenvalue weighted by molar-refractivity contribution is -0.132. The fourth-order valence-electron chi connectivity index (χ4n) is 3.50. The predicted molar refractivity (Wildman–Crippen MR) is 82.7 cm³/mol. The van der Waals surface area contributed by atoms with E-state index in [0.717, 1.165) is 45.4 Å². The molecule has 116 valence electrons. The molecule has 0 aromatic carbocycles. The summed E-state index contributed by atoms with van der Waals surface area (Å²) < 4.78 is 0. The van der Waals surface area contributed by atoms with Gasteiger partial charge in [-0.3, -0.25) is 4.79 Å². The molecule has 2 aliphatic rings. The van der Waals surface area contributed by atoms with Gasteiger partial charge in [-0.05, 0) is 51.7 Å². The molecule has 0 radical (unpaired) electrons. The zero-order valence-corrected chi connectivity index (χ0v) is 13.0. The van der Waals surface area contributed by atoms with Gasteiger partial charge in [0.25, 0.3) is 0 Å². The minimum absolute atomic E-state index is 0.156. The molecule has 4 heteroatoms. The average molecular weight is 281 g/mol. The standard InChI is InChI=1S/C16H31N3O/c1-2-16(8-7-9-17-14-16)15(20)18-10-13-19-11-5-3-4-6-12-19/h17H,2-14H2,1H3,(H,18,20). The number of carbonyl (C=O) groups is 1. The fourth-order valence-corrected chi connectivity index (χ4v) is 3.50. The Bertz CT molecular complexity index is 292. The van der Waals surface area contributed by atoms with Crippen LogP contribution in [0.15, 0.2) is 0 Å². The van der Waals surface area contributed by atoms with E-state index in [1.54, 1.807) is 0 Å². The molecule has 0 aliphatic carbocycles. The quantitative estimate of drug-likeness (QED) is 0.807. The van der Waals surface area contributed by atoms with E-state index < -0.39 is 0 Å². The number of piperidine rings is 1. The summed E-state index contributed by atoms with van der Waals surface area (Å²) in [7, 11) is 0. The first-order valence-corrected chi connectivity index (χ1v) is 8.48. The second kappa shape index (κ2) is 7.99. The SMILES string of the molecule is CCC1(C(=O)NCCN2CCCCCC2)CCCNC1. The minimum Gasteiger partial charge on any atom is -0.354 e. The normalized spacial score (nSPS) is 28.9. The van der Waals surface area contributed by atoms with E-state index in [-0.39, 0.29) is 11.3 Å². The molecule has 2 heterocycles. The Hall–Kier alpha value is -0.610. The van der Waals surface area contributed by atoms with Crippen molar-refractivity contribution in [2.24, 2.45) is 5.41 Å². The van der Waals surface area contributed by atoms with E-state index in [9.17, 15) is 4.79 Å². The molecule has 1 amide bonds. The Kier molecular flexibility index (Phi) is 6.30. The molecular weight excluding hydrogens is 250 g/mol. The fraction of sp³-hybridized carbons (Fsp3) is 0.938. The lowest BCUT2D eigenvalue weighted by atomic mass is 9.77. The monoisotopic (exact) mass is 281 g/mol. The van der Waals surface area contributed by atoms with E-state index in [2.05, 4.69) is 22.5 Å². The second-order valence-electron chi connectivity index (χ2n) is 6.43. The van der Waals surface area contributed by atoms with Gasteiger partial charge < -0.3 is 15.5 Å². The molecule has 20 heavy (non-hydrogen) atoms. The number of carbonyl (C=O) groups excluding carboxylic acids is 1. The van der Waals surface area contributed by atoms with Crippen molar-refractivity contribution in [1.29, 1.82) is 0 Å². The molecule has 2 fully saturated rings. The lowest BCUT2D eigenvalue weighted by Crippen LogP contribution is -2.51. The molecule has 0 saturated carbocycles. The van der Waals surface area contributed by atoms with Crippen LogP contribution in [0.25, 0.3) is 0 Å². The molecule has 0 spiro atoms. The number of hydrogen-bond donors (Lipinski definition) is 2. The summed E-state index contributed by atoms with van der Waals surface area (Å²) in [5.41, 5.74) is -0.156. The Balaban J connectivity index is 1.73. The first kappa shape index (κ1) is 15.8. The molecule has 1 atom stereocenters. The third-order valence-electron chi connectivity index (χ3n) is 5.04. The highest BCUT2D eigenvalue weighted by Gasteiger charge is 2.37. The summed E-state index contributed by atoms with van der Waals surface area (Å²) in [6.07, 6.45) is 8.46. The first-order valence-electron chi connectivity index (χ1n) is 8.48. The van der Waals surface area contributed by atoms with Gasteiger partial charge in [0.15, 0.2) is 0 Å². The third kappa shape index (κ3) is 4.19. The van der Waals surface area contributed by atoms with Crippen molar-refractivity contribution in [2.45, 2.75) is 51.9 Å². The van der Waals surface area contributed by atoms with Gasteiger partial charge in [0.05, 0.1) is 5.41 Å². The Morgan fingerprint density at radius 1 is 1.20 bits per heavy atom. The summed E-state index contributed by atoms with van der Waals surface area (Å²) in [4.78, 5) is 15.0. The van der Waals surface area contributed by atoms with Crippen LogP contribution < -0.4 is 10.6 Å². The highest BCUT2D eigenvalue weighted by molar-refractivity contribution is 5.83. The van der Waals surface area contributed by atoms with Crippen LogP contribution in [0.3, 0.4) is 0 Å². The molecular formula is C16H31N3O. The number of nitrogens with one attached hydrogen (secondary N) is 2. The number of hydrogen-bond acceptors (Lipinski definition) is 3. The van der Waals surface area contributed by atoms with Gasteiger partial charge in [0.1, 0.15) is 0 Å². The second-order valence-corrected chi connectivity index (χ2v) is 6.43. The van der Waals surface area contributed by atoms with Crippen molar-refractivity contribution in [3.63, 3.8) is 0 Å². The Labute approximate surface area is 123 Å². The molecule has 1 unspecified atom stereocenters. The zero-order chi connectivity index (χ0) is 14.3. The zero-order valence-electron chi connectivity index (χ0n) is 13.0. The van der Waals surface area contributed by atoms with Gasteiger partial charge in [-0.25, -0.2) is 0 Å². The smallest absolute Gasteiger partial charge is 0.227 e. The van der Waals surface area contributed by atoms with Crippen molar-refractivity contribution in [1.82, 2.24) is 15.5 Å². The molecule has 0 aromatic rings. The molecule has 2 aliphatic heterocycles. The van der Waals surface area contributed by atoms with Gasteiger partial charge >= 0.3 is 0 Å². The summed E-state index contributed by atoms with van der Waals surface area (Å²) in [6.45, 7) is 8.27. The topological polar surface area (TPSA) is 44.4 Å². The van der Waals surface area contributed by atoms with Crippen molar-refractivity contribution in [3.05, 3.63) is 0 Å². The minimum atomic E-state index is -0.156. The van der Waals surface area contributed by atoms with Crippen molar-refractivity contribution in [3.8, 4) is 0 Å². The van der Waals surface area contributed by atoms with Crippen molar-refractivity contribution < 1.29 is 4.79 Å². The predicted octanol–water partition coefficient (Wildman–Crippen LogP) is 1.76. The molecule has 2 saturated heterocycles. The van der Waals surface area contributed by atoms with Gasteiger partial charge in [-0.2, -0.15) is 0 Å². The maximum atomic E-state index is 12.5. The van der Waals surface area contributed by atoms with Gasteiger partial charge in [0.2, 0.25) is 5.91 Å². The largest absolute Gasteiger partial charge is 0.354 e. The Morgan fingerprint density at radius 2 is 1.95 bits per heavy atom. The summed E-state index contributed by atoms with van der Waals surface area (Å²) in [5.74, 6) is 0.266. The molecule has 2 N–H and O–H groups in total. The van der Waals surface area contributed by atoms with Crippen molar-refractivity contribution in [2.75, 3.05) is 39.3 Å². The van der Waals surface area contributed by atoms with Gasteiger partial charge in [0, 0.05) is 19.6 Å². The average Bonchev–Trinajstić information content (AvgIpc) is 2.76.